The zero-order valence-electron chi connectivity index (χ0n) is 14.4. The van der Waals surface area contributed by atoms with Gasteiger partial charge in [-0.3, -0.25) is 4.79 Å². The molecule has 3 heteroatoms. The normalized spacial score (nSPS) is 13.0. The largest absolute Gasteiger partial charge is 0.469 e. The molecule has 128 valence electrons. The fraction of sp³-hybridized carbons (Fsp3) is 0.737. The highest BCUT2D eigenvalue weighted by Crippen LogP contribution is 2.08. The molecular formula is C19H34O3. The van der Waals surface area contributed by atoms with E-state index in [2.05, 4.69) is 17.7 Å². The number of carbonyl (C=O) groups excluding carboxylic acids is 1. The Morgan fingerprint density at radius 1 is 1.05 bits per heavy atom. The average Bonchev–Trinajstić information content (AvgIpc) is 2.52. The summed E-state index contributed by atoms with van der Waals surface area (Å²) in [7, 11) is 1.44. The molecule has 1 unspecified atom stereocenters. The van der Waals surface area contributed by atoms with Crippen molar-refractivity contribution < 1.29 is 14.6 Å². The van der Waals surface area contributed by atoms with Crippen molar-refractivity contribution in [1.29, 1.82) is 0 Å². The molecule has 3 nitrogen and oxygen atoms in total. The van der Waals surface area contributed by atoms with Gasteiger partial charge in [-0.2, -0.15) is 0 Å². The van der Waals surface area contributed by atoms with Crippen LogP contribution in [0.3, 0.4) is 0 Å². The predicted octanol–water partition coefficient (Wildman–Crippen LogP) is 4.94. The minimum absolute atomic E-state index is 0.105. The third kappa shape index (κ3) is 15.3. The first-order valence-corrected chi connectivity index (χ1v) is 8.79. The van der Waals surface area contributed by atoms with E-state index in [4.69, 9.17) is 0 Å². The Morgan fingerprint density at radius 2 is 1.77 bits per heavy atom. The van der Waals surface area contributed by atoms with Crippen molar-refractivity contribution in [3.05, 3.63) is 24.3 Å². The Morgan fingerprint density at radius 3 is 2.50 bits per heavy atom. The third-order valence-electron chi connectivity index (χ3n) is 3.66. The Bertz CT molecular complexity index is 308. The molecule has 0 saturated carbocycles. The number of aliphatic hydroxyl groups excluding tert-OH is 1. The van der Waals surface area contributed by atoms with Gasteiger partial charge in [0.15, 0.2) is 0 Å². The standard InChI is InChI=1S/C19H34O3/c1-3-4-12-15-18(20)16-13-10-8-6-5-7-9-11-14-17-19(21)22-2/h8,10,13,16,18,20H,3-7,9,11-12,14-15,17H2,1-2H3/b10-8-,16-13+. The smallest absolute Gasteiger partial charge is 0.305 e. The maximum atomic E-state index is 10.9. The van der Waals surface area contributed by atoms with Gasteiger partial charge in [0, 0.05) is 6.42 Å². The molecule has 0 bridgehead atoms. The summed E-state index contributed by atoms with van der Waals surface area (Å²) in [5.41, 5.74) is 0. The summed E-state index contributed by atoms with van der Waals surface area (Å²) in [5.74, 6) is -0.105. The minimum atomic E-state index is -0.300. The number of allylic oxidation sites excluding steroid dienone is 3. The van der Waals surface area contributed by atoms with Crippen LogP contribution in [0.25, 0.3) is 0 Å². The molecule has 0 radical (unpaired) electrons. The first kappa shape index (κ1) is 20.9. The van der Waals surface area contributed by atoms with E-state index in [1.807, 2.05) is 18.2 Å². The van der Waals surface area contributed by atoms with Crippen LogP contribution in [0.1, 0.15) is 77.6 Å². The summed E-state index contributed by atoms with van der Waals surface area (Å²) in [6.45, 7) is 2.17. The Labute approximate surface area is 136 Å². The van der Waals surface area contributed by atoms with Crippen molar-refractivity contribution in [3.8, 4) is 0 Å². The lowest BCUT2D eigenvalue weighted by molar-refractivity contribution is -0.140. The summed E-state index contributed by atoms with van der Waals surface area (Å²) in [6, 6.07) is 0. The lowest BCUT2D eigenvalue weighted by atomic mass is 10.1. The quantitative estimate of drug-likeness (QED) is 0.281. The van der Waals surface area contributed by atoms with E-state index < -0.39 is 0 Å². The number of esters is 1. The molecule has 0 aromatic rings. The van der Waals surface area contributed by atoms with Crippen LogP contribution in [0, 0.1) is 0 Å². The number of hydrogen-bond acceptors (Lipinski definition) is 3. The van der Waals surface area contributed by atoms with Crippen molar-refractivity contribution in [2.45, 2.75) is 83.7 Å². The highest BCUT2D eigenvalue weighted by molar-refractivity contribution is 5.68. The molecule has 0 aliphatic carbocycles. The Balaban J connectivity index is 3.38. The van der Waals surface area contributed by atoms with Crippen LogP contribution in [-0.4, -0.2) is 24.3 Å². The molecule has 22 heavy (non-hydrogen) atoms. The fourth-order valence-corrected chi connectivity index (χ4v) is 2.23. The van der Waals surface area contributed by atoms with Gasteiger partial charge in [0.1, 0.15) is 0 Å². The van der Waals surface area contributed by atoms with E-state index in [-0.39, 0.29) is 12.1 Å². The van der Waals surface area contributed by atoms with E-state index in [0.717, 1.165) is 32.1 Å². The molecule has 0 rings (SSSR count). The highest BCUT2D eigenvalue weighted by atomic mass is 16.5. The summed E-state index contributed by atoms with van der Waals surface area (Å²) >= 11 is 0. The van der Waals surface area contributed by atoms with Gasteiger partial charge in [-0.1, -0.05) is 69.8 Å². The number of rotatable bonds is 14. The van der Waals surface area contributed by atoms with Crippen molar-refractivity contribution in [3.63, 3.8) is 0 Å². The number of methoxy groups -OCH3 is 1. The van der Waals surface area contributed by atoms with Crippen LogP contribution in [-0.2, 0) is 9.53 Å². The molecule has 0 amide bonds. The molecule has 0 fully saturated rings. The topological polar surface area (TPSA) is 46.5 Å². The Hall–Kier alpha value is -1.09. The van der Waals surface area contributed by atoms with Gasteiger partial charge in [-0.05, 0) is 25.7 Å². The lowest BCUT2D eigenvalue weighted by Gasteiger charge is -2.03. The van der Waals surface area contributed by atoms with Crippen LogP contribution >= 0.6 is 0 Å². The van der Waals surface area contributed by atoms with E-state index in [9.17, 15) is 9.90 Å². The van der Waals surface area contributed by atoms with E-state index in [1.54, 1.807) is 0 Å². The SMILES string of the molecule is CCCCCC(O)/C=C/C=C\CCCCCCCC(=O)OC. The van der Waals surface area contributed by atoms with Gasteiger partial charge >= 0.3 is 5.97 Å². The van der Waals surface area contributed by atoms with E-state index in [0.29, 0.717) is 6.42 Å². The Kier molecular flexibility index (Phi) is 15.5. The summed E-state index contributed by atoms with van der Waals surface area (Å²) in [4.78, 5) is 10.9. The monoisotopic (exact) mass is 310 g/mol. The molecule has 0 aliphatic heterocycles. The molecule has 0 saturated heterocycles. The second kappa shape index (κ2) is 16.3. The van der Waals surface area contributed by atoms with Gasteiger partial charge in [0.25, 0.3) is 0 Å². The van der Waals surface area contributed by atoms with Gasteiger partial charge in [-0.25, -0.2) is 0 Å². The zero-order chi connectivity index (χ0) is 16.5. The van der Waals surface area contributed by atoms with Crippen LogP contribution in [0.2, 0.25) is 0 Å². The first-order chi connectivity index (χ1) is 10.7. The van der Waals surface area contributed by atoms with Crippen molar-refractivity contribution >= 4 is 5.97 Å². The third-order valence-corrected chi connectivity index (χ3v) is 3.66. The van der Waals surface area contributed by atoms with E-state index in [1.165, 1.54) is 39.2 Å². The summed E-state index contributed by atoms with van der Waals surface area (Å²) in [5, 5.41) is 9.70. The molecule has 0 aliphatic rings. The average molecular weight is 310 g/mol. The molecule has 1 atom stereocenters. The van der Waals surface area contributed by atoms with Crippen molar-refractivity contribution in [2.24, 2.45) is 0 Å². The maximum absolute atomic E-state index is 10.9. The first-order valence-electron chi connectivity index (χ1n) is 8.79. The number of ether oxygens (including phenoxy) is 1. The minimum Gasteiger partial charge on any atom is -0.469 e. The van der Waals surface area contributed by atoms with Gasteiger partial charge in [0.05, 0.1) is 13.2 Å². The summed E-state index contributed by atoms with van der Waals surface area (Å²) < 4.78 is 4.60. The lowest BCUT2D eigenvalue weighted by Crippen LogP contribution is -2.00. The maximum Gasteiger partial charge on any atom is 0.305 e. The number of carbonyl (C=O) groups is 1. The van der Waals surface area contributed by atoms with Crippen molar-refractivity contribution in [1.82, 2.24) is 0 Å². The van der Waals surface area contributed by atoms with Crippen LogP contribution < -0.4 is 0 Å². The van der Waals surface area contributed by atoms with Gasteiger partial charge in [0.2, 0.25) is 0 Å². The second-order valence-electron chi connectivity index (χ2n) is 5.76. The zero-order valence-corrected chi connectivity index (χ0v) is 14.4. The number of hydrogen-bond donors (Lipinski definition) is 1. The highest BCUT2D eigenvalue weighted by Gasteiger charge is 1.98. The van der Waals surface area contributed by atoms with Crippen LogP contribution in [0.5, 0.6) is 0 Å². The predicted molar refractivity (Wildman–Crippen MR) is 92.8 cm³/mol. The molecule has 0 aromatic carbocycles. The van der Waals surface area contributed by atoms with Crippen LogP contribution in [0.15, 0.2) is 24.3 Å². The number of aliphatic hydroxyl groups is 1. The summed E-state index contributed by atoms with van der Waals surface area (Å²) in [6.07, 6.45) is 19.3. The van der Waals surface area contributed by atoms with Crippen LogP contribution in [0.4, 0.5) is 0 Å². The second-order valence-corrected chi connectivity index (χ2v) is 5.76. The molecule has 0 heterocycles. The van der Waals surface area contributed by atoms with Gasteiger partial charge < -0.3 is 9.84 Å². The molecular weight excluding hydrogens is 276 g/mol. The number of unbranched alkanes of at least 4 members (excludes halogenated alkanes) is 7. The molecule has 1 N–H and O–H groups in total. The fourth-order valence-electron chi connectivity index (χ4n) is 2.23. The van der Waals surface area contributed by atoms with E-state index >= 15 is 0 Å². The molecule has 0 aromatic heterocycles. The van der Waals surface area contributed by atoms with Gasteiger partial charge in [-0.15, -0.1) is 0 Å². The molecule has 0 spiro atoms. The van der Waals surface area contributed by atoms with Crippen molar-refractivity contribution in [2.75, 3.05) is 7.11 Å².